The first kappa shape index (κ1) is 21.9. The van der Waals surface area contributed by atoms with Gasteiger partial charge in [-0.3, -0.25) is 19.9 Å². The van der Waals surface area contributed by atoms with Crippen LogP contribution < -0.4 is 10.2 Å². The molecule has 1 amide bonds. The third kappa shape index (κ3) is 4.59. The number of nitrogens with zero attached hydrogens (tertiary/aromatic N) is 4. The van der Waals surface area contributed by atoms with Crippen molar-refractivity contribution in [3.8, 4) is 11.5 Å². The Hall–Kier alpha value is -3.89. The standard InChI is InChI=1S/C24H21N5O4S/c30-17-7-11-29(12-8-17)19-4-3-16(14-26-19)21(31)22-20(18-2-1-13-33-18)27-24(34-22)28-23(32)15-5-9-25-10-6-15/h1-6,9-10,13-14,17,30H,7-8,11-12H2,(H,27,28,32). The van der Waals surface area contributed by atoms with Crippen LogP contribution in [0.2, 0.25) is 0 Å². The summed E-state index contributed by atoms with van der Waals surface area (Å²) in [6, 6.07) is 10.2. The second kappa shape index (κ2) is 9.54. The summed E-state index contributed by atoms with van der Waals surface area (Å²) in [6.45, 7) is 1.44. The van der Waals surface area contributed by atoms with Crippen LogP contribution in [-0.2, 0) is 0 Å². The van der Waals surface area contributed by atoms with Crippen LogP contribution in [0.15, 0.2) is 65.7 Å². The highest BCUT2D eigenvalue weighted by atomic mass is 32.1. The third-order valence-electron chi connectivity index (χ3n) is 5.55. The minimum atomic E-state index is -0.348. The number of hydrogen-bond acceptors (Lipinski definition) is 9. The normalized spacial score (nSPS) is 14.2. The molecule has 0 radical (unpaired) electrons. The van der Waals surface area contributed by atoms with Crippen LogP contribution in [0.3, 0.4) is 0 Å². The van der Waals surface area contributed by atoms with Crippen molar-refractivity contribution in [2.75, 3.05) is 23.3 Å². The number of aliphatic hydroxyl groups excluding tert-OH is 1. The quantitative estimate of drug-likeness (QED) is 0.406. The Kier molecular flexibility index (Phi) is 6.15. The van der Waals surface area contributed by atoms with Crippen molar-refractivity contribution >= 4 is 34.0 Å². The van der Waals surface area contributed by atoms with Crippen LogP contribution in [0.4, 0.5) is 10.9 Å². The Labute approximate surface area is 199 Å². The number of rotatable bonds is 6. The number of amides is 1. The zero-order valence-electron chi connectivity index (χ0n) is 18.0. The second-order valence-electron chi connectivity index (χ2n) is 7.82. The molecule has 1 fully saturated rings. The summed E-state index contributed by atoms with van der Waals surface area (Å²) in [5.74, 6) is 0.588. The van der Waals surface area contributed by atoms with Crippen molar-refractivity contribution in [2.24, 2.45) is 0 Å². The number of anilines is 2. The molecule has 1 saturated heterocycles. The molecule has 4 aromatic heterocycles. The molecule has 9 nitrogen and oxygen atoms in total. The number of ketones is 1. The van der Waals surface area contributed by atoms with Crippen LogP contribution in [-0.4, -0.2) is 50.9 Å². The number of carbonyl (C=O) groups excluding carboxylic acids is 2. The first-order chi connectivity index (χ1) is 16.6. The summed E-state index contributed by atoms with van der Waals surface area (Å²) in [4.78, 5) is 41.2. The smallest absolute Gasteiger partial charge is 0.257 e. The van der Waals surface area contributed by atoms with Crippen LogP contribution in [0, 0.1) is 0 Å². The minimum Gasteiger partial charge on any atom is -0.463 e. The van der Waals surface area contributed by atoms with E-state index in [0.29, 0.717) is 40.3 Å². The van der Waals surface area contributed by atoms with Gasteiger partial charge < -0.3 is 14.4 Å². The fourth-order valence-corrected chi connectivity index (χ4v) is 4.64. The van der Waals surface area contributed by atoms with Gasteiger partial charge in [0.1, 0.15) is 16.4 Å². The lowest BCUT2D eigenvalue weighted by Crippen LogP contribution is -2.36. The molecule has 5 heterocycles. The summed E-state index contributed by atoms with van der Waals surface area (Å²) in [5.41, 5.74) is 1.20. The molecule has 1 aliphatic heterocycles. The molecule has 0 unspecified atom stereocenters. The number of carbonyl (C=O) groups is 2. The monoisotopic (exact) mass is 475 g/mol. The molecule has 0 aromatic carbocycles. The topological polar surface area (TPSA) is 121 Å². The molecule has 172 valence electrons. The van der Waals surface area contributed by atoms with Gasteiger partial charge in [-0.15, -0.1) is 0 Å². The number of pyridine rings is 2. The summed E-state index contributed by atoms with van der Waals surface area (Å²) in [7, 11) is 0. The minimum absolute atomic E-state index is 0.263. The molecule has 0 bridgehead atoms. The van der Waals surface area contributed by atoms with Crippen molar-refractivity contribution in [1.29, 1.82) is 0 Å². The van der Waals surface area contributed by atoms with Gasteiger partial charge >= 0.3 is 0 Å². The van der Waals surface area contributed by atoms with E-state index in [1.165, 1.54) is 18.7 Å². The Balaban J connectivity index is 1.40. The van der Waals surface area contributed by atoms with Gasteiger partial charge in [-0.25, -0.2) is 9.97 Å². The largest absolute Gasteiger partial charge is 0.463 e. The van der Waals surface area contributed by atoms with E-state index >= 15 is 0 Å². The zero-order valence-corrected chi connectivity index (χ0v) is 18.9. The molecule has 10 heteroatoms. The fourth-order valence-electron chi connectivity index (χ4n) is 3.71. The number of hydrogen-bond donors (Lipinski definition) is 2. The Bertz CT molecular complexity index is 1280. The summed E-state index contributed by atoms with van der Waals surface area (Å²) in [5, 5.41) is 12.7. The van der Waals surface area contributed by atoms with Gasteiger partial charge in [0.15, 0.2) is 10.9 Å². The summed E-state index contributed by atoms with van der Waals surface area (Å²) < 4.78 is 5.48. The molecular weight excluding hydrogens is 454 g/mol. The van der Waals surface area contributed by atoms with E-state index in [-0.39, 0.29) is 22.9 Å². The van der Waals surface area contributed by atoms with E-state index in [1.807, 2.05) is 6.07 Å². The highest BCUT2D eigenvalue weighted by Gasteiger charge is 2.24. The maximum atomic E-state index is 13.4. The lowest BCUT2D eigenvalue weighted by molar-refractivity contribution is 0.102. The van der Waals surface area contributed by atoms with Crippen LogP contribution in [0.5, 0.6) is 0 Å². The van der Waals surface area contributed by atoms with Crippen molar-refractivity contribution in [3.05, 3.63) is 77.3 Å². The molecule has 1 aliphatic rings. The zero-order chi connectivity index (χ0) is 23.5. The molecular formula is C24H21N5O4S. The van der Waals surface area contributed by atoms with Crippen molar-refractivity contribution < 1.29 is 19.1 Å². The van der Waals surface area contributed by atoms with Gasteiger partial charge in [0.05, 0.1) is 12.4 Å². The second-order valence-corrected chi connectivity index (χ2v) is 8.82. The molecule has 0 aliphatic carbocycles. The van der Waals surface area contributed by atoms with Gasteiger partial charge in [0, 0.05) is 42.8 Å². The van der Waals surface area contributed by atoms with Crippen molar-refractivity contribution in [2.45, 2.75) is 18.9 Å². The summed E-state index contributed by atoms with van der Waals surface area (Å²) >= 11 is 1.08. The molecule has 0 atom stereocenters. The Morgan fingerprint density at radius 1 is 1.09 bits per heavy atom. The molecule has 2 N–H and O–H groups in total. The first-order valence-electron chi connectivity index (χ1n) is 10.8. The number of nitrogens with one attached hydrogen (secondary N) is 1. The molecule has 0 saturated carbocycles. The molecule has 34 heavy (non-hydrogen) atoms. The van der Waals surface area contributed by atoms with Crippen molar-refractivity contribution in [1.82, 2.24) is 15.0 Å². The number of aliphatic hydroxyl groups is 1. The fraction of sp³-hybridized carbons (Fsp3) is 0.208. The maximum Gasteiger partial charge on any atom is 0.257 e. The number of furan rings is 1. The number of thiazole rings is 1. The Morgan fingerprint density at radius 3 is 2.56 bits per heavy atom. The van der Waals surface area contributed by atoms with E-state index in [2.05, 4.69) is 25.2 Å². The van der Waals surface area contributed by atoms with E-state index in [1.54, 1.807) is 36.5 Å². The van der Waals surface area contributed by atoms with E-state index in [4.69, 9.17) is 4.42 Å². The van der Waals surface area contributed by atoms with Crippen molar-refractivity contribution in [3.63, 3.8) is 0 Å². The average molecular weight is 476 g/mol. The highest BCUT2D eigenvalue weighted by molar-refractivity contribution is 7.18. The number of aromatic nitrogens is 3. The van der Waals surface area contributed by atoms with Gasteiger partial charge in [0.25, 0.3) is 5.91 Å². The molecule has 5 rings (SSSR count). The van der Waals surface area contributed by atoms with Crippen LogP contribution in [0.1, 0.15) is 38.4 Å². The van der Waals surface area contributed by atoms with Crippen LogP contribution in [0.25, 0.3) is 11.5 Å². The lowest BCUT2D eigenvalue weighted by atomic mass is 10.1. The lowest BCUT2D eigenvalue weighted by Gasteiger charge is -2.30. The highest BCUT2D eigenvalue weighted by Crippen LogP contribution is 2.33. The maximum absolute atomic E-state index is 13.4. The van der Waals surface area contributed by atoms with E-state index < -0.39 is 0 Å². The molecule has 4 aromatic rings. The van der Waals surface area contributed by atoms with E-state index in [0.717, 1.165) is 30.2 Å². The number of piperidine rings is 1. The van der Waals surface area contributed by atoms with E-state index in [9.17, 15) is 14.7 Å². The van der Waals surface area contributed by atoms with Crippen LogP contribution >= 0.6 is 11.3 Å². The predicted octanol–water partition coefficient (Wildman–Crippen LogP) is 3.64. The third-order valence-corrected chi connectivity index (χ3v) is 6.52. The predicted molar refractivity (Wildman–Crippen MR) is 127 cm³/mol. The van der Waals surface area contributed by atoms with Gasteiger partial charge in [0.2, 0.25) is 5.78 Å². The SMILES string of the molecule is O=C(Nc1nc(-c2ccco2)c(C(=O)c2ccc(N3CCC(O)CC3)nc2)s1)c1ccncc1. The average Bonchev–Trinajstić information content (AvgIpc) is 3.55. The van der Waals surface area contributed by atoms with Gasteiger partial charge in [-0.2, -0.15) is 0 Å². The Morgan fingerprint density at radius 2 is 1.88 bits per heavy atom. The first-order valence-corrected chi connectivity index (χ1v) is 11.6. The van der Waals surface area contributed by atoms with Gasteiger partial charge in [-0.05, 0) is 49.2 Å². The molecule has 0 spiro atoms. The van der Waals surface area contributed by atoms with Gasteiger partial charge in [-0.1, -0.05) is 11.3 Å². The summed E-state index contributed by atoms with van der Waals surface area (Å²) in [6.07, 6.45) is 7.24.